The number of nitrogens with one attached hydrogen (secondary N) is 1. The average Bonchev–Trinajstić information content (AvgIpc) is 2.69. The molecule has 1 aromatic carbocycles. The minimum Gasteiger partial charge on any atom is -0.462 e. The molecular weight excluding hydrogens is 336 g/mol. The van der Waals surface area contributed by atoms with Crippen LogP contribution in [-0.4, -0.2) is 18.6 Å². The Hall–Kier alpha value is -1.71. The summed E-state index contributed by atoms with van der Waals surface area (Å²) in [4.78, 5) is 12.2. The molecule has 0 amide bonds. The molecule has 0 spiro atoms. The molecule has 0 bridgehead atoms. The number of carbonyl (C=O) groups excluding carboxylic acids is 1. The third-order valence-electron chi connectivity index (χ3n) is 5.48. The van der Waals surface area contributed by atoms with Crippen molar-refractivity contribution in [3.8, 4) is 0 Å². The summed E-state index contributed by atoms with van der Waals surface area (Å²) < 4.78 is 5.40. The Morgan fingerprint density at radius 2 is 1.70 bits per heavy atom. The molecule has 0 saturated heterocycles. The van der Waals surface area contributed by atoms with Crippen molar-refractivity contribution in [2.45, 2.75) is 96.4 Å². The normalized spacial score (nSPS) is 14.9. The number of nitrogens with two attached hydrogens (primary N) is 1. The van der Waals surface area contributed by atoms with Gasteiger partial charge >= 0.3 is 5.97 Å². The van der Waals surface area contributed by atoms with E-state index in [2.05, 4.69) is 12.2 Å². The predicted molar refractivity (Wildman–Crippen MR) is 114 cm³/mol. The highest BCUT2D eigenvalue weighted by Crippen LogP contribution is 2.26. The predicted octanol–water partition coefficient (Wildman–Crippen LogP) is 6.31. The molecule has 1 saturated carbocycles. The minimum absolute atomic E-state index is 0.270. The van der Waals surface area contributed by atoms with Gasteiger partial charge in [0.25, 0.3) is 0 Å². The molecule has 3 N–H and O–H groups in total. The maximum absolute atomic E-state index is 12.2. The number of esters is 1. The van der Waals surface area contributed by atoms with E-state index < -0.39 is 0 Å². The highest BCUT2D eigenvalue weighted by molar-refractivity contribution is 5.92. The molecule has 2 rings (SSSR count). The van der Waals surface area contributed by atoms with Gasteiger partial charge in [0.1, 0.15) is 0 Å². The third kappa shape index (κ3) is 8.23. The molecule has 152 valence electrons. The first-order valence-corrected chi connectivity index (χ1v) is 11.0. The van der Waals surface area contributed by atoms with Gasteiger partial charge in [-0.1, -0.05) is 71.1 Å². The fourth-order valence-corrected chi connectivity index (χ4v) is 3.77. The van der Waals surface area contributed by atoms with Crippen molar-refractivity contribution in [2.75, 3.05) is 17.7 Å². The van der Waals surface area contributed by atoms with E-state index in [0.717, 1.165) is 18.5 Å². The molecule has 1 aliphatic rings. The Morgan fingerprint density at radius 3 is 2.37 bits per heavy atom. The van der Waals surface area contributed by atoms with Gasteiger partial charge in [0, 0.05) is 6.04 Å². The molecule has 0 radical (unpaired) electrons. The van der Waals surface area contributed by atoms with Crippen molar-refractivity contribution in [1.82, 2.24) is 0 Å². The highest BCUT2D eigenvalue weighted by atomic mass is 16.5. The molecule has 0 atom stereocenters. The van der Waals surface area contributed by atoms with Crippen molar-refractivity contribution in [3.05, 3.63) is 23.8 Å². The minimum atomic E-state index is -0.270. The summed E-state index contributed by atoms with van der Waals surface area (Å²) in [5.74, 6) is -0.270. The number of ether oxygens (including phenoxy) is 1. The van der Waals surface area contributed by atoms with E-state index in [9.17, 15) is 4.79 Å². The van der Waals surface area contributed by atoms with E-state index in [1.54, 1.807) is 6.07 Å². The molecule has 27 heavy (non-hydrogen) atoms. The van der Waals surface area contributed by atoms with Crippen LogP contribution in [0.15, 0.2) is 18.2 Å². The lowest BCUT2D eigenvalue weighted by Gasteiger charge is -2.24. The van der Waals surface area contributed by atoms with Gasteiger partial charge in [0.05, 0.1) is 23.5 Å². The lowest BCUT2D eigenvalue weighted by atomic mass is 9.95. The smallest absolute Gasteiger partial charge is 0.338 e. The van der Waals surface area contributed by atoms with Crippen molar-refractivity contribution in [2.24, 2.45) is 0 Å². The van der Waals surface area contributed by atoms with Gasteiger partial charge in [-0.3, -0.25) is 0 Å². The summed E-state index contributed by atoms with van der Waals surface area (Å²) in [6.45, 7) is 2.73. The highest BCUT2D eigenvalue weighted by Gasteiger charge is 2.15. The Balaban J connectivity index is 1.65. The SMILES string of the molecule is CCCCCCCCCCOC(=O)c1ccc(NC2CCCCC2)c(N)c1. The number of unbranched alkanes of at least 4 members (excludes halogenated alkanes) is 7. The van der Waals surface area contributed by atoms with Crippen molar-refractivity contribution in [3.63, 3.8) is 0 Å². The van der Waals surface area contributed by atoms with E-state index in [4.69, 9.17) is 10.5 Å². The van der Waals surface area contributed by atoms with Crippen LogP contribution in [0, 0.1) is 0 Å². The van der Waals surface area contributed by atoms with Crippen LogP contribution >= 0.6 is 0 Å². The molecule has 0 aliphatic heterocycles. The van der Waals surface area contributed by atoms with Crippen molar-refractivity contribution >= 4 is 17.3 Å². The Kier molecular flexibility index (Phi) is 10.1. The van der Waals surface area contributed by atoms with E-state index in [1.807, 2.05) is 12.1 Å². The zero-order chi connectivity index (χ0) is 19.3. The summed E-state index contributed by atoms with van der Waals surface area (Å²) in [5.41, 5.74) is 8.25. The van der Waals surface area contributed by atoms with Gasteiger partial charge in [0.15, 0.2) is 0 Å². The molecule has 4 nitrogen and oxygen atoms in total. The molecule has 1 fully saturated rings. The van der Waals surface area contributed by atoms with Crippen LogP contribution in [0.1, 0.15) is 101 Å². The van der Waals surface area contributed by atoms with Gasteiger partial charge in [0.2, 0.25) is 0 Å². The number of carbonyl (C=O) groups is 1. The zero-order valence-electron chi connectivity index (χ0n) is 17.1. The Labute approximate surface area is 165 Å². The molecule has 0 heterocycles. The largest absolute Gasteiger partial charge is 0.462 e. The van der Waals surface area contributed by atoms with E-state index >= 15 is 0 Å². The molecule has 4 heteroatoms. The van der Waals surface area contributed by atoms with Crippen molar-refractivity contribution < 1.29 is 9.53 Å². The number of hydrogen-bond acceptors (Lipinski definition) is 4. The zero-order valence-corrected chi connectivity index (χ0v) is 17.1. The second-order valence-electron chi connectivity index (χ2n) is 7.89. The summed E-state index contributed by atoms with van der Waals surface area (Å²) in [6.07, 6.45) is 16.2. The molecule has 0 aromatic heterocycles. The number of hydrogen-bond donors (Lipinski definition) is 2. The fraction of sp³-hybridized carbons (Fsp3) is 0.696. The number of nitrogen functional groups attached to an aromatic ring is 1. The number of anilines is 2. The molecule has 1 aliphatic carbocycles. The lowest BCUT2D eigenvalue weighted by Crippen LogP contribution is -2.22. The van der Waals surface area contributed by atoms with E-state index in [-0.39, 0.29) is 5.97 Å². The van der Waals surface area contributed by atoms with Crippen LogP contribution in [0.2, 0.25) is 0 Å². The first-order chi connectivity index (χ1) is 13.2. The van der Waals surface area contributed by atoms with Crippen LogP contribution < -0.4 is 11.1 Å². The van der Waals surface area contributed by atoms with Crippen LogP contribution in [0.4, 0.5) is 11.4 Å². The second kappa shape index (κ2) is 12.6. The van der Waals surface area contributed by atoms with Crippen LogP contribution in [-0.2, 0) is 4.74 Å². The molecule has 1 aromatic rings. The van der Waals surface area contributed by atoms with Crippen LogP contribution in [0.25, 0.3) is 0 Å². The van der Waals surface area contributed by atoms with Gasteiger partial charge in [-0.2, -0.15) is 0 Å². The summed E-state index contributed by atoms with van der Waals surface area (Å²) in [7, 11) is 0. The van der Waals surface area contributed by atoms with E-state index in [0.29, 0.717) is 23.9 Å². The first kappa shape index (κ1) is 21.6. The van der Waals surface area contributed by atoms with Gasteiger partial charge in [-0.15, -0.1) is 0 Å². The van der Waals surface area contributed by atoms with Crippen molar-refractivity contribution in [1.29, 1.82) is 0 Å². The van der Waals surface area contributed by atoms with Gasteiger partial charge < -0.3 is 15.8 Å². The summed E-state index contributed by atoms with van der Waals surface area (Å²) in [6, 6.07) is 5.97. The van der Waals surface area contributed by atoms with Crippen LogP contribution in [0.3, 0.4) is 0 Å². The Bertz CT molecular complexity index is 553. The second-order valence-corrected chi connectivity index (χ2v) is 7.89. The number of rotatable bonds is 12. The standard InChI is InChI=1S/C23H38N2O2/c1-2-3-4-5-6-7-8-12-17-27-23(26)19-15-16-22(21(24)18-19)25-20-13-10-9-11-14-20/h15-16,18,20,25H,2-14,17,24H2,1H3. The lowest BCUT2D eigenvalue weighted by molar-refractivity contribution is 0.0497. The van der Waals surface area contributed by atoms with E-state index in [1.165, 1.54) is 70.6 Å². The average molecular weight is 375 g/mol. The Morgan fingerprint density at radius 1 is 1.04 bits per heavy atom. The summed E-state index contributed by atoms with van der Waals surface area (Å²) >= 11 is 0. The topological polar surface area (TPSA) is 64.3 Å². The summed E-state index contributed by atoms with van der Waals surface area (Å²) in [5, 5.41) is 3.52. The maximum Gasteiger partial charge on any atom is 0.338 e. The molecule has 0 unspecified atom stereocenters. The number of benzene rings is 1. The maximum atomic E-state index is 12.2. The van der Waals surface area contributed by atoms with Gasteiger partial charge in [-0.05, 0) is 37.5 Å². The first-order valence-electron chi connectivity index (χ1n) is 11.0. The van der Waals surface area contributed by atoms with Gasteiger partial charge in [-0.25, -0.2) is 4.79 Å². The molecular formula is C23H38N2O2. The fourth-order valence-electron chi connectivity index (χ4n) is 3.77. The van der Waals surface area contributed by atoms with Crippen LogP contribution in [0.5, 0.6) is 0 Å². The third-order valence-corrected chi connectivity index (χ3v) is 5.48. The quantitative estimate of drug-likeness (QED) is 0.255. The monoisotopic (exact) mass is 374 g/mol.